The van der Waals surface area contributed by atoms with Crippen LogP contribution in [-0.4, -0.2) is 0 Å². The molecule has 0 saturated heterocycles. The summed E-state index contributed by atoms with van der Waals surface area (Å²) in [6.45, 7) is 0. The first-order chi connectivity index (χ1) is 19.3. The normalized spacial score (nSPS) is 12.2. The van der Waals surface area contributed by atoms with E-state index in [0.29, 0.717) is 39.0 Å². The molecule has 2 aliphatic carbocycles. The molecule has 0 unspecified atom stereocenters. The number of alkyl halides is 3. The predicted molar refractivity (Wildman–Crippen MR) is 142 cm³/mol. The summed E-state index contributed by atoms with van der Waals surface area (Å²) in [6.07, 6.45) is -4.62. The highest BCUT2D eigenvalue weighted by molar-refractivity contribution is 6.11. The first-order valence-corrected chi connectivity index (χ1v) is 12.0. The Morgan fingerprint density at radius 2 is 0.950 bits per heavy atom. The van der Waals surface area contributed by atoms with Crippen molar-refractivity contribution < 1.29 is 13.2 Å². The second-order valence-electron chi connectivity index (χ2n) is 9.28. The summed E-state index contributed by atoms with van der Waals surface area (Å²) < 4.78 is 40.8. The van der Waals surface area contributed by atoms with E-state index in [1.165, 1.54) is 6.07 Å². The number of hydrogen-bond donors (Lipinski definition) is 0. The fraction of sp³-hybridized carbons (Fsp3) is 0.0303. The second kappa shape index (κ2) is 8.85. The lowest BCUT2D eigenvalue weighted by Crippen LogP contribution is -2.05. The van der Waals surface area contributed by atoms with Crippen LogP contribution in [0.2, 0.25) is 0 Å². The number of halogens is 3. The van der Waals surface area contributed by atoms with Crippen LogP contribution in [0.15, 0.2) is 90.0 Å². The Morgan fingerprint density at radius 1 is 0.475 bits per heavy atom. The van der Waals surface area contributed by atoms with Crippen molar-refractivity contribution in [3.05, 3.63) is 118 Å². The van der Waals surface area contributed by atoms with Crippen LogP contribution in [0.5, 0.6) is 0 Å². The molecule has 0 aliphatic heterocycles. The van der Waals surface area contributed by atoms with E-state index in [2.05, 4.69) is 0 Å². The monoisotopic (exact) mass is 522 g/mol. The molecular formula is C33H13F3N4. The third-order valence-electron chi connectivity index (χ3n) is 7.24. The van der Waals surface area contributed by atoms with Gasteiger partial charge in [0.2, 0.25) is 0 Å². The van der Waals surface area contributed by atoms with Crippen molar-refractivity contribution in [3.8, 4) is 57.7 Å². The molecular weight excluding hydrogens is 509 g/mol. The topological polar surface area (TPSA) is 95.2 Å². The third-order valence-corrected chi connectivity index (χ3v) is 7.24. The summed E-state index contributed by atoms with van der Waals surface area (Å²) in [7, 11) is 0. The van der Waals surface area contributed by atoms with Gasteiger partial charge >= 0.3 is 6.18 Å². The molecule has 0 heterocycles. The average Bonchev–Trinajstić information content (AvgIpc) is 3.45. The molecule has 0 aromatic heterocycles. The maximum atomic E-state index is 13.6. The Labute approximate surface area is 227 Å². The number of allylic oxidation sites excluding steroid dienone is 2. The van der Waals surface area contributed by atoms with E-state index in [1.807, 2.05) is 72.8 Å². The number of rotatable bonds is 1. The van der Waals surface area contributed by atoms with E-state index in [1.54, 1.807) is 12.1 Å². The fourth-order valence-corrected chi connectivity index (χ4v) is 5.52. The van der Waals surface area contributed by atoms with E-state index in [0.717, 1.165) is 28.8 Å². The molecule has 0 spiro atoms. The number of nitriles is 4. The van der Waals surface area contributed by atoms with Gasteiger partial charge in [0.1, 0.15) is 35.4 Å². The molecule has 0 saturated carbocycles. The summed E-state index contributed by atoms with van der Waals surface area (Å²) in [5.74, 6) is 0. The van der Waals surface area contributed by atoms with Crippen molar-refractivity contribution in [3.63, 3.8) is 0 Å². The first-order valence-electron chi connectivity index (χ1n) is 12.0. The van der Waals surface area contributed by atoms with E-state index < -0.39 is 11.7 Å². The summed E-state index contributed by atoms with van der Waals surface area (Å²) in [4.78, 5) is 0. The quantitative estimate of drug-likeness (QED) is 0.204. The fourth-order valence-electron chi connectivity index (χ4n) is 5.52. The summed E-state index contributed by atoms with van der Waals surface area (Å²) in [6, 6.07) is 29.7. The van der Waals surface area contributed by atoms with Crippen LogP contribution in [0.3, 0.4) is 0 Å². The van der Waals surface area contributed by atoms with Gasteiger partial charge in [-0.05, 0) is 86.0 Å². The Morgan fingerprint density at radius 3 is 1.45 bits per heavy atom. The van der Waals surface area contributed by atoms with Gasteiger partial charge in [0, 0.05) is 11.1 Å². The highest BCUT2D eigenvalue weighted by atomic mass is 19.4. The number of benzene rings is 4. The Balaban J connectivity index is 1.67. The van der Waals surface area contributed by atoms with Crippen LogP contribution in [-0.2, 0) is 6.18 Å². The van der Waals surface area contributed by atoms with Gasteiger partial charge in [0.15, 0.2) is 0 Å². The van der Waals surface area contributed by atoms with Crippen LogP contribution in [0, 0.1) is 45.3 Å². The van der Waals surface area contributed by atoms with Crippen molar-refractivity contribution in [2.75, 3.05) is 0 Å². The van der Waals surface area contributed by atoms with Crippen molar-refractivity contribution in [1.29, 1.82) is 21.0 Å². The maximum Gasteiger partial charge on any atom is 0.416 e. The Kier molecular flexibility index (Phi) is 5.41. The van der Waals surface area contributed by atoms with Crippen LogP contribution in [0.1, 0.15) is 27.8 Å². The maximum absolute atomic E-state index is 13.6. The van der Waals surface area contributed by atoms with Crippen molar-refractivity contribution in [2.45, 2.75) is 6.18 Å². The number of hydrogen-bond acceptors (Lipinski definition) is 4. The SMILES string of the molecule is N#CC(C#N)=C1c2cc(-c3ccccc3)ccc2-c2cc3c(cc21)-c1ccc(C(F)(F)F)cc1C3=C(C#N)C#N. The molecule has 0 N–H and O–H groups in total. The van der Waals surface area contributed by atoms with Gasteiger partial charge in [0.25, 0.3) is 0 Å². The van der Waals surface area contributed by atoms with Gasteiger partial charge < -0.3 is 0 Å². The molecule has 6 rings (SSSR count). The van der Waals surface area contributed by atoms with Gasteiger partial charge in [-0.3, -0.25) is 0 Å². The highest BCUT2D eigenvalue weighted by Gasteiger charge is 2.36. The van der Waals surface area contributed by atoms with E-state index >= 15 is 0 Å². The van der Waals surface area contributed by atoms with Crippen LogP contribution in [0.25, 0.3) is 44.5 Å². The Bertz CT molecular complexity index is 1990. The zero-order valence-corrected chi connectivity index (χ0v) is 20.4. The molecule has 186 valence electrons. The van der Waals surface area contributed by atoms with Gasteiger partial charge in [0.05, 0.1) is 5.56 Å². The number of nitrogens with zero attached hydrogens (tertiary/aromatic N) is 4. The van der Waals surface area contributed by atoms with E-state index in [4.69, 9.17) is 0 Å². The van der Waals surface area contributed by atoms with Crippen LogP contribution >= 0.6 is 0 Å². The highest BCUT2D eigenvalue weighted by Crippen LogP contribution is 2.54. The van der Waals surface area contributed by atoms with Crippen LogP contribution < -0.4 is 0 Å². The minimum absolute atomic E-state index is 0.0960. The van der Waals surface area contributed by atoms with E-state index in [-0.39, 0.29) is 22.3 Å². The molecule has 0 amide bonds. The average molecular weight is 522 g/mol. The van der Waals surface area contributed by atoms with Gasteiger partial charge in [-0.25, -0.2) is 0 Å². The largest absolute Gasteiger partial charge is 0.416 e. The lowest BCUT2D eigenvalue weighted by Gasteiger charge is -2.09. The van der Waals surface area contributed by atoms with E-state index in [9.17, 15) is 34.2 Å². The zero-order valence-electron chi connectivity index (χ0n) is 20.4. The molecule has 7 heteroatoms. The second-order valence-corrected chi connectivity index (χ2v) is 9.28. The lowest BCUT2D eigenvalue weighted by molar-refractivity contribution is -0.137. The summed E-state index contributed by atoms with van der Waals surface area (Å²) in [5.41, 5.74) is 5.28. The molecule has 4 aromatic rings. The standard InChI is InChI=1S/C33H13F3N4/c34-33(35,36)22-7-9-24-26-13-29-25(12-30(26)32(28(24)11-22)21(16-39)17-40)23-8-6-19(18-4-2-1-3-5-18)10-27(23)31(29)20(14-37)15-38/h1-13H. The van der Waals surface area contributed by atoms with Gasteiger partial charge in [-0.2, -0.15) is 34.2 Å². The predicted octanol–water partition coefficient (Wildman–Crippen LogP) is 8.03. The van der Waals surface area contributed by atoms with Crippen molar-refractivity contribution in [1.82, 2.24) is 0 Å². The molecule has 4 aromatic carbocycles. The molecule has 0 bridgehead atoms. The summed E-state index contributed by atoms with van der Waals surface area (Å²) in [5, 5.41) is 39.1. The minimum atomic E-state index is -4.62. The smallest absolute Gasteiger partial charge is 0.192 e. The van der Waals surface area contributed by atoms with Crippen molar-refractivity contribution in [2.24, 2.45) is 0 Å². The molecule has 2 aliphatic rings. The Hall–Kier alpha value is -5.89. The van der Waals surface area contributed by atoms with Gasteiger partial charge in [-0.1, -0.05) is 48.5 Å². The van der Waals surface area contributed by atoms with Gasteiger partial charge in [-0.15, -0.1) is 0 Å². The molecule has 0 atom stereocenters. The minimum Gasteiger partial charge on any atom is -0.192 e. The molecule has 40 heavy (non-hydrogen) atoms. The lowest BCUT2D eigenvalue weighted by atomic mass is 9.93. The summed E-state index contributed by atoms with van der Waals surface area (Å²) >= 11 is 0. The first kappa shape index (κ1) is 24.4. The molecule has 4 nitrogen and oxygen atoms in total. The van der Waals surface area contributed by atoms with Crippen molar-refractivity contribution >= 4 is 11.1 Å². The molecule has 0 radical (unpaired) electrons. The zero-order chi connectivity index (χ0) is 28.2. The molecule has 0 fully saturated rings. The number of fused-ring (bicyclic) bond motifs is 6. The van der Waals surface area contributed by atoms with Crippen LogP contribution in [0.4, 0.5) is 13.2 Å². The third kappa shape index (κ3) is 3.51.